The normalized spacial score (nSPS) is 11.5. The predicted octanol–water partition coefficient (Wildman–Crippen LogP) is 0.615. The molecule has 0 fully saturated rings. The van der Waals surface area contributed by atoms with Crippen LogP contribution in [0.1, 0.15) is 13.8 Å². The zero-order valence-electron chi connectivity index (χ0n) is 7.17. The topological polar surface area (TPSA) is 102 Å². The zero-order valence-corrected chi connectivity index (χ0v) is 8.06. The van der Waals surface area contributed by atoms with E-state index in [0.29, 0.717) is 0 Å². The number of hydrogen-bond donors (Lipinski definition) is 2. The van der Waals surface area contributed by atoms with Gasteiger partial charge in [-0.25, -0.2) is 13.9 Å². The van der Waals surface area contributed by atoms with Crippen LogP contribution in [-0.4, -0.2) is 28.8 Å². The maximum absolute atomic E-state index is 10.6. The van der Waals surface area contributed by atoms with Gasteiger partial charge in [-0.1, -0.05) is 0 Å². The standard InChI is InChI=1S/C5H11O7P/c1-4(2)12-5(6)10-3-11-13(7,8)9/h4H,3H2,1-2H3,(H2,7,8,9). The quantitative estimate of drug-likeness (QED) is 0.401. The fourth-order valence-corrected chi connectivity index (χ4v) is 0.560. The van der Waals surface area contributed by atoms with E-state index in [4.69, 9.17) is 9.79 Å². The summed E-state index contributed by atoms with van der Waals surface area (Å²) in [6.45, 7) is 2.37. The first-order valence-electron chi connectivity index (χ1n) is 3.35. The van der Waals surface area contributed by atoms with Crippen molar-refractivity contribution >= 4 is 14.0 Å². The van der Waals surface area contributed by atoms with Crippen molar-refractivity contribution in [3.63, 3.8) is 0 Å². The Balaban J connectivity index is 3.55. The first kappa shape index (κ1) is 12.4. The number of phosphoric acid groups is 1. The monoisotopic (exact) mass is 214 g/mol. The van der Waals surface area contributed by atoms with Crippen LogP contribution in [0, 0.1) is 0 Å². The first-order chi connectivity index (χ1) is 5.81. The Hall–Kier alpha value is -0.620. The molecule has 0 aliphatic carbocycles. The first-order valence-corrected chi connectivity index (χ1v) is 4.88. The molecule has 0 aliphatic rings. The average Bonchev–Trinajstić information content (AvgIpc) is 1.81. The molecular formula is C5H11O7P. The van der Waals surface area contributed by atoms with Crippen molar-refractivity contribution in [2.75, 3.05) is 6.79 Å². The molecule has 2 N–H and O–H groups in total. The predicted molar refractivity (Wildman–Crippen MR) is 40.7 cm³/mol. The molecule has 0 heterocycles. The van der Waals surface area contributed by atoms with Crippen LogP contribution in [0.5, 0.6) is 0 Å². The molecule has 78 valence electrons. The van der Waals surface area contributed by atoms with Gasteiger partial charge in [0.2, 0.25) is 6.79 Å². The van der Waals surface area contributed by atoms with Crippen LogP contribution < -0.4 is 0 Å². The fraction of sp³-hybridized carbons (Fsp3) is 0.800. The second-order valence-corrected chi connectivity index (χ2v) is 3.54. The van der Waals surface area contributed by atoms with Gasteiger partial charge < -0.3 is 19.3 Å². The molecule has 13 heavy (non-hydrogen) atoms. The minimum atomic E-state index is -4.59. The summed E-state index contributed by atoms with van der Waals surface area (Å²) in [7, 11) is -4.59. The van der Waals surface area contributed by atoms with Crippen molar-refractivity contribution in [3.8, 4) is 0 Å². The molecule has 8 heteroatoms. The molecule has 0 saturated carbocycles. The minimum Gasteiger partial charge on any atom is -0.432 e. The number of carbonyl (C=O) groups excluding carboxylic acids is 1. The smallest absolute Gasteiger partial charge is 0.432 e. The van der Waals surface area contributed by atoms with Crippen LogP contribution in [0.3, 0.4) is 0 Å². The van der Waals surface area contributed by atoms with Gasteiger partial charge >= 0.3 is 14.0 Å². The molecule has 0 aromatic carbocycles. The summed E-state index contributed by atoms with van der Waals surface area (Å²) in [5, 5.41) is 0. The van der Waals surface area contributed by atoms with Crippen molar-refractivity contribution in [2.45, 2.75) is 20.0 Å². The highest BCUT2D eigenvalue weighted by Gasteiger charge is 2.15. The average molecular weight is 214 g/mol. The zero-order chi connectivity index (χ0) is 10.5. The second kappa shape index (κ2) is 5.18. The van der Waals surface area contributed by atoms with E-state index >= 15 is 0 Å². The number of hydrogen-bond acceptors (Lipinski definition) is 5. The summed E-state index contributed by atoms with van der Waals surface area (Å²) in [6.07, 6.45) is -1.40. The minimum absolute atomic E-state index is 0.359. The molecule has 0 radical (unpaired) electrons. The molecule has 0 atom stereocenters. The second-order valence-electron chi connectivity index (χ2n) is 2.30. The molecule has 0 aromatic heterocycles. The Kier molecular flexibility index (Phi) is 4.94. The highest BCUT2D eigenvalue weighted by atomic mass is 31.2. The number of carbonyl (C=O) groups is 1. The lowest BCUT2D eigenvalue weighted by atomic mass is 10.5. The van der Waals surface area contributed by atoms with E-state index in [0.717, 1.165) is 0 Å². The summed E-state index contributed by atoms with van der Waals surface area (Å²) >= 11 is 0. The number of phosphoric ester groups is 1. The van der Waals surface area contributed by atoms with Crippen molar-refractivity contribution in [1.82, 2.24) is 0 Å². The van der Waals surface area contributed by atoms with Gasteiger partial charge in [-0.15, -0.1) is 0 Å². The maximum Gasteiger partial charge on any atom is 0.510 e. The van der Waals surface area contributed by atoms with Gasteiger partial charge in [-0.3, -0.25) is 0 Å². The third-order valence-electron chi connectivity index (χ3n) is 0.730. The van der Waals surface area contributed by atoms with Crippen LogP contribution in [0.4, 0.5) is 4.79 Å². The summed E-state index contributed by atoms with van der Waals surface area (Å²) in [5.41, 5.74) is 0. The van der Waals surface area contributed by atoms with E-state index in [1.54, 1.807) is 13.8 Å². The lowest BCUT2D eigenvalue weighted by Gasteiger charge is -2.08. The lowest BCUT2D eigenvalue weighted by Crippen LogP contribution is -2.14. The highest BCUT2D eigenvalue weighted by Crippen LogP contribution is 2.35. The molecule has 0 aromatic rings. The Morgan fingerprint density at radius 3 is 2.38 bits per heavy atom. The molecule has 0 amide bonds. The summed E-state index contributed by atoms with van der Waals surface area (Å²) in [5.74, 6) is 0. The number of ether oxygens (including phenoxy) is 2. The Bertz CT molecular complexity index is 207. The summed E-state index contributed by atoms with van der Waals surface area (Å²) in [4.78, 5) is 26.9. The van der Waals surface area contributed by atoms with Gasteiger partial charge in [-0.2, -0.15) is 0 Å². The van der Waals surface area contributed by atoms with Crippen molar-refractivity contribution in [3.05, 3.63) is 0 Å². The SMILES string of the molecule is CC(C)OC(=O)OCOP(=O)(O)O. The van der Waals surface area contributed by atoms with E-state index in [9.17, 15) is 9.36 Å². The van der Waals surface area contributed by atoms with Gasteiger partial charge in [0.05, 0.1) is 6.10 Å². The van der Waals surface area contributed by atoms with Crippen molar-refractivity contribution in [1.29, 1.82) is 0 Å². The molecule has 0 rings (SSSR count). The van der Waals surface area contributed by atoms with E-state index < -0.39 is 20.8 Å². The van der Waals surface area contributed by atoms with Crippen LogP contribution in [0.15, 0.2) is 0 Å². The Labute approximate surface area is 74.8 Å². The fourth-order valence-electron chi connectivity index (χ4n) is 0.370. The lowest BCUT2D eigenvalue weighted by molar-refractivity contribution is -0.0163. The molecule has 7 nitrogen and oxygen atoms in total. The Morgan fingerprint density at radius 2 is 2.00 bits per heavy atom. The maximum atomic E-state index is 10.6. The molecule has 0 aliphatic heterocycles. The van der Waals surface area contributed by atoms with E-state index in [-0.39, 0.29) is 6.10 Å². The van der Waals surface area contributed by atoms with Crippen LogP contribution in [0.25, 0.3) is 0 Å². The largest absolute Gasteiger partial charge is 0.510 e. The summed E-state index contributed by atoms with van der Waals surface area (Å²) in [6, 6.07) is 0. The van der Waals surface area contributed by atoms with Gasteiger partial charge in [-0.05, 0) is 13.8 Å². The van der Waals surface area contributed by atoms with Crippen LogP contribution in [0.2, 0.25) is 0 Å². The molecule has 0 spiro atoms. The van der Waals surface area contributed by atoms with E-state index in [2.05, 4.69) is 14.0 Å². The van der Waals surface area contributed by atoms with Crippen LogP contribution >= 0.6 is 7.82 Å². The third-order valence-corrected chi connectivity index (χ3v) is 1.17. The van der Waals surface area contributed by atoms with Crippen LogP contribution in [-0.2, 0) is 18.6 Å². The molecule has 0 bridgehead atoms. The number of rotatable bonds is 4. The summed E-state index contributed by atoms with van der Waals surface area (Å²) < 4.78 is 22.5. The van der Waals surface area contributed by atoms with Crippen molar-refractivity contribution < 1.29 is 33.1 Å². The van der Waals surface area contributed by atoms with E-state index in [1.165, 1.54) is 0 Å². The van der Waals surface area contributed by atoms with Gasteiger partial charge in [0.1, 0.15) is 0 Å². The van der Waals surface area contributed by atoms with Gasteiger partial charge in [0.15, 0.2) is 0 Å². The van der Waals surface area contributed by atoms with E-state index in [1.807, 2.05) is 0 Å². The van der Waals surface area contributed by atoms with Crippen molar-refractivity contribution in [2.24, 2.45) is 0 Å². The van der Waals surface area contributed by atoms with Gasteiger partial charge in [0.25, 0.3) is 0 Å². The molecular weight excluding hydrogens is 203 g/mol. The molecule has 0 saturated heterocycles. The molecule has 0 unspecified atom stereocenters. The van der Waals surface area contributed by atoms with Gasteiger partial charge in [0, 0.05) is 0 Å². The third kappa shape index (κ3) is 9.29. The highest BCUT2D eigenvalue weighted by molar-refractivity contribution is 7.46. The Morgan fingerprint density at radius 1 is 1.46 bits per heavy atom.